The van der Waals surface area contributed by atoms with E-state index in [-0.39, 0.29) is 0 Å². The maximum absolute atomic E-state index is 5.40. The average molecular weight is 243 g/mol. The fourth-order valence-corrected chi connectivity index (χ4v) is 1.99. The van der Waals surface area contributed by atoms with Crippen LogP contribution in [0.3, 0.4) is 0 Å². The van der Waals surface area contributed by atoms with Crippen LogP contribution in [-0.4, -0.2) is 26.2 Å². The van der Waals surface area contributed by atoms with E-state index in [0.717, 1.165) is 26.2 Å². The molecule has 18 heavy (non-hydrogen) atoms. The number of rotatable bonds is 7. The molecule has 0 aliphatic rings. The maximum atomic E-state index is 5.40. The van der Waals surface area contributed by atoms with Crippen LogP contribution in [0.5, 0.6) is 0 Å². The molecule has 0 saturated carbocycles. The highest BCUT2D eigenvalue weighted by atomic mass is 14.9. The van der Waals surface area contributed by atoms with Crippen LogP contribution in [0, 0.1) is 0 Å². The van der Waals surface area contributed by atoms with E-state index in [2.05, 4.69) is 53.1 Å². The van der Waals surface area contributed by atoms with Gasteiger partial charge in [-0.05, 0) is 22.4 Å². The van der Waals surface area contributed by atoms with Crippen molar-refractivity contribution in [3.05, 3.63) is 48.0 Å². The minimum Gasteiger partial charge on any atom is -0.329 e. The predicted octanol–water partition coefficient (Wildman–Crippen LogP) is 1.48. The molecule has 0 fully saturated rings. The van der Waals surface area contributed by atoms with Gasteiger partial charge in [0.1, 0.15) is 0 Å². The lowest BCUT2D eigenvalue weighted by Crippen LogP contribution is -2.30. The van der Waals surface area contributed by atoms with Gasteiger partial charge >= 0.3 is 0 Å². The molecule has 0 radical (unpaired) electrons. The van der Waals surface area contributed by atoms with Crippen molar-refractivity contribution >= 4 is 10.8 Å². The third kappa shape index (κ3) is 3.81. The summed E-state index contributed by atoms with van der Waals surface area (Å²) in [4.78, 5) is 0. The second kappa shape index (κ2) is 7.11. The van der Waals surface area contributed by atoms with Crippen LogP contribution in [0.1, 0.15) is 5.56 Å². The molecule has 0 aliphatic carbocycles. The summed E-state index contributed by atoms with van der Waals surface area (Å²) in [6, 6.07) is 15.1. The van der Waals surface area contributed by atoms with Crippen molar-refractivity contribution in [2.45, 2.75) is 6.54 Å². The second-order valence-corrected chi connectivity index (χ2v) is 4.40. The minimum atomic E-state index is 0.699. The van der Waals surface area contributed by atoms with E-state index in [4.69, 9.17) is 5.73 Å². The third-order valence-corrected chi connectivity index (χ3v) is 2.94. The van der Waals surface area contributed by atoms with Crippen molar-refractivity contribution in [1.82, 2.24) is 10.6 Å². The normalized spacial score (nSPS) is 10.9. The number of fused-ring (bicyclic) bond motifs is 1. The van der Waals surface area contributed by atoms with Gasteiger partial charge in [0.05, 0.1) is 0 Å². The molecule has 4 N–H and O–H groups in total. The Balaban J connectivity index is 1.81. The zero-order chi connectivity index (χ0) is 12.6. The van der Waals surface area contributed by atoms with Gasteiger partial charge < -0.3 is 16.4 Å². The van der Waals surface area contributed by atoms with E-state index in [0.29, 0.717) is 6.54 Å². The molecular weight excluding hydrogens is 222 g/mol. The summed E-state index contributed by atoms with van der Waals surface area (Å²) in [5, 5.41) is 9.29. The average Bonchev–Trinajstić information content (AvgIpc) is 2.42. The van der Waals surface area contributed by atoms with Gasteiger partial charge in [0.25, 0.3) is 0 Å². The molecule has 2 rings (SSSR count). The molecule has 0 unspecified atom stereocenters. The van der Waals surface area contributed by atoms with E-state index in [1.807, 2.05) is 0 Å². The molecule has 0 aliphatic heterocycles. The molecule has 0 saturated heterocycles. The molecule has 0 heterocycles. The summed E-state index contributed by atoms with van der Waals surface area (Å²) in [6.07, 6.45) is 0. The standard InChI is InChI=1S/C15H21N3/c16-7-8-17-9-10-18-12-13-5-6-14-3-1-2-4-15(14)11-13/h1-6,11,17-18H,7-10,12,16H2. The number of nitrogens with one attached hydrogen (secondary N) is 2. The summed E-state index contributed by atoms with van der Waals surface area (Å²) in [5.41, 5.74) is 6.73. The van der Waals surface area contributed by atoms with E-state index < -0.39 is 0 Å². The first-order valence-corrected chi connectivity index (χ1v) is 6.49. The van der Waals surface area contributed by atoms with E-state index >= 15 is 0 Å². The van der Waals surface area contributed by atoms with Gasteiger partial charge in [-0.2, -0.15) is 0 Å². The highest BCUT2D eigenvalue weighted by molar-refractivity contribution is 5.82. The van der Waals surface area contributed by atoms with Crippen LogP contribution in [0.25, 0.3) is 10.8 Å². The molecule has 2 aromatic carbocycles. The highest BCUT2D eigenvalue weighted by Crippen LogP contribution is 2.15. The van der Waals surface area contributed by atoms with Crippen molar-refractivity contribution < 1.29 is 0 Å². The van der Waals surface area contributed by atoms with Crippen molar-refractivity contribution in [3.8, 4) is 0 Å². The van der Waals surface area contributed by atoms with E-state index in [1.54, 1.807) is 0 Å². The van der Waals surface area contributed by atoms with Crippen molar-refractivity contribution in [3.63, 3.8) is 0 Å². The van der Waals surface area contributed by atoms with Crippen molar-refractivity contribution in [1.29, 1.82) is 0 Å². The van der Waals surface area contributed by atoms with Crippen LogP contribution in [0.4, 0.5) is 0 Å². The number of hydrogen-bond acceptors (Lipinski definition) is 3. The first-order chi connectivity index (χ1) is 8.90. The monoisotopic (exact) mass is 243 g/mol. The third-order valence-electron chi connectivity index (χ3n) is 2.94. The molecule has 0 aromatic heterocycles. The lowest BCUT2D eigenvalue weighted by Gasteiger charge is -2.07. The highest BCUT2D eigenvalue weighted by Gasteiger charge is 1.95. The number of hydrogen-bond donors (Lipinski definition) is 3. The van der Waals surface area contributed by atoms with Gasteiger partial charge in [-0.1, -0.05) is 36.4 Å². The van der Waals surface area contributed by atoms with Crippen LogP contribution in [-0.2, 0) is 6.54 Å². The topological polar surface area (TPSA) is 50.1 Å². The molecule has 0 atom stereocenters. The second-order valence-electron chi connectivity index (χ2n) is 4.40. The number of benzene rings is 2. The summed E-state index contributed by atoms with van der Waals surface area (Å²) < 4.78 is 0. The van der Waals surface area contributed by atoms with Crippen molar-refractivity contribution in [2.75, 3.05) is 26.2 Å². The molecule has 0 bridgehead atoms. The molecule has 96 valence electrons. The number of nitrogens with two attached hydrogens (primary N) is 1. The van der Waals surface area contributed by atoms with E-state index in [1.165, 1.54) is 16.3 Å². The van der Waals surface area contributed by atoms with Gasteiger partial charge in [0.15, 0.2) is 0 Å². The fourth-order valence-electron chi connectivity index (χ4n) is 1.99. The Hall–Kier alpha value is -1.42. The zero-order valence-corrected chi connectivity index (χ0v) is 10.7. The smallest absolute Gasteiger partial charge is 0.0206 e. The summed E-state index contributed by atoms with van der Waals surface area (Å²) in [5.74, 6) is 0. The van der Waals surface area contributed by atoms with Gasteiger partial charge in [0.2, 0.25) is 0 Å². The fraction of sp³-hybridized carbons (Fsp3) is 0.333. The molecular formula is C15H21N3. The Kier molecular flexibility index (Phi) is 5.15. The van der Waals surface area contributed by atoms with Crippen LogP contribution in [0.2, 0.25) is 0 Å². The van der Waals surface area contributed by atoms with Gasteiger partial charge in [-0.3, -0.25) is 0 Å². The van der Waals surface area contributed by atoms with Gasteiger partial charge in [0, 0.05) is 32.7 Å². The van der Waals surface area contributed by atoms with E-state index in [9.17, 15) is 0 Å². The molecule has 2 aromatic rings. The SMILES string of the molecule is NCCNCCNCc1ccc2ccccc2c1. The minimum absolute atomic E-state index is 0.699. The summed E-state index contributed by atoms with van der Waals surface area (Å²) >= 11 is 0. The Labute approximate surface area is 108 Å². The largest absolute Gasteiger partial charge is 0.329 e. The first kappa shape index (κ1) is 13.0. The molecule has 3 nitrogen and oxygen atoms in total. The Morgan fingerprint density at radius 1 is 0.833 bits per heavy atom. The lowest BCUT2D eigenvalue weighted by atomic mass is 10.1. The Bertz CT molecular complexity index is 482. The zero-order valence-electron chi connectivity index (χ0n) is 10.7. The van der Waals surface area contributed by atoms with Crippen LogP contribution >= 0.6 is 0 Å². The summed E-state index contributed by atoms with van der Waals surface area (Å²) in [6.45, 7) is 4.43. The molecule has 0 amide bonds. The molecule has 3 heteroatoms. The Morgan fingerprint density at radius 3 is 2.44 bits per heavy atom. The van der Waals surface area contributed by atoms with Gasteiger partial charge in [-0.25, -0.2) is 0 Å². The lowest BCUT2D eigenvalue weighted by molar-refractivity contribution is 0.615. The maximum Gasteiger partial charge on any atom is 0.0206 e. The van der Waals surface area contributed by atoms with Gasteiger partial charge in [-0.15, -0.1) is 0 Å². The predicted molar refractivity (Wildman–Crippen MR) is 77.6 cm³/mol. The summed E-state index contributed by atoms with van der Waals surface area (Å²) in [7, 11) is 0. The quantitative estimate of drug-likeness (QED) is 0.646. The molecule has 0 spiro atoms. The van der Waals surface area contributed by atoms with Crippen LogP contribution < -0.4 is 16.4 Å². The Morgan fingerprint density at radius 2 is 1.61 bits per heavy atom. The van der Waals surface area contributed by atoms with Crippen LogP contribution in [0.15, 0.2) is 42.5 Å². The van der Waals surface area contributed by atoms with Crippen molar-refractivity contribution in [2.24, 2.45) is 5.73 Å². The first-order valence-electron chi connectivity index (χ1n) is 6.49.